The molecule has 0 radical (unpaired) electrons. The van der Waals surface area contributed by atoms with Gasteiger partial charge in [-0.05, 0) is 44.2 Å². The lowest BCUT2D eigenvalue weighted by Gasteiger charge is -2.11. The maximum atomic E-state index is 12.3. The number of benzene rings is 2. The standard InChI is InChI=1S/C18H18N2O4/c1-11(2)19-16(21)12-6-5-7-13(10-12)20-17(22)14-8-3-4-9-15(14)18(23)24/h3-11H,1-2H3,(H,19,21)(H,20,22)(H,23,24). The fourth-order valence-corrected chi connectivity index (χ4v) is 2.15. The van der Waals surface area contributed by atoms with E-state index in [2.05, 4.69) is 10.6 Å². The van der Waals surface area contributed by atoms with Crippen molar-refractivity contribution in [2.75, 3.05) is 5.32 Å². The summed E-state index contributed by atoms with van der Waals surface area (Å²) in [5, 5.41) is 14.5. The van der Waals surface area contributed by atoms with Crippen molar-refractivity contribution in [3.05, 3.63) is 65.2 Å². The van der Waals surface area contributed by atoms with Gasteiger partial charge >= 0.3 is 5.97 Å². The van der Waals surface area contributed by atoms with Crippen LogP contribution in [-0.2, 0) is 0 Å². The Labute approximate surface area is 139 Å². The average molecular weight is 326 g/mol. The van der Waals surface area contributed by atoms with Crippen LogP contribution in [0.2, 0.25) is 0 Å². The van der Waals surface area contributed by atoms with Gasteiger partial charge in [0.2, 0.25) is 0 Å². The summed E-state index contributed by atoms with van der Waals surface area (Å²) in [6.45, 7) is 3.71. The highest BCUT2D eigenvalue weighted by molar-refractivity contribution is 6.11. The summed E-state index contributed by atoms with van der Waals surface area (Å²) in [6.07, 6.45) is 0. The van der Waals surface area contributed by atoms with E-state index in [0.29, 0.717) is 11.3 Å². The van der Waals surface area contributed by atoms with Crippen molar-refractivity contribution in [2.24, 2.45) is 0 Å². The van der Waals surface area contributed by atoms with Crippen LogP contribution in [0.3, 0.4) is 0 Å². The molecule has 2 aromatic carbocycles. The average Bonchev–Trinajstić information content (AvgIpc) is 2.54. The highest BCUT2D eigenvalue weighted by Gasteiger charge is 2.16. The monoisotopic (exact) mass is 326 g/mol. The zero-order valence-corrected chi connectivity index (χ0v) is 13.4. The van der Waals surface area contributed by atoms with Crippen molar-refractivity contribution in [1.29, 1.82) is 0 Å². The quantitative estimate of drug-likeness (QED) is 0.787. The van der Waals surface area contributed by atoms with Gasteiger partial charge in [0, 0.05) is 17.3 Å². The van der Waals surface area contributed by atoms with Crippen molar-refractivity contribution >= 4 is 23.5 Å². The number of carboxylic acid groups (broad SMARTS) is 1. The van der Waals surface area contributed by atoms with Gasteiger partial charge in [0.1, 0.15) is 0 Å². The molecule has 2 rings (SSSR count). The molecule has 6 heteroatoms. The normalized spacial score (nSPS) is 10.3. The van der Waals surface area contributed by atoms with Crippen LogP contribution in [0, 0.1) is 0 Å². The molecule has 0 fully saturated rings. The molecule has 0 heterocycles. The molecule has 6 nitrogen and oxygen atoms in total. The first-order chi connectivity index (χ1) is 11.4. The van der Waals surface area contributed by atoms with Gasteiger partial charge in [-0.2, -0.15) is 0 Å². The van der Waals surface area contributed by atoms with Crippen LogP contribution in [0.5, 0.6) is 0 Å². The fourth-order valence-electron chi connectivity index (χ4n) is 2.15. The van der Waals surface area contributed by atoms with E-state index in [1.54, 1.807) is 36.4 Å². The first kappa shape index (κ1) is 17.2. The second-order valence-corrected chi connectivity index (χ2v) is 5.51. The number of nitrogens with one attached hydrogen (secondary N) is 2. The van der Waals surface area contributed by atoms with E-state index in [-0.39, 0.29) is 23.1 Å². The van der Waals surface area contributed by atoms with Crippen LogP contribution in [-0.4, -0.2) is 28.9 Å². The molecule has 0 aliphatic rings. The molecule has 0 saturated heterocycles. The van der Waals surface area contributed by atoms with E-state index in [1.807, 2.05) is 13.8 Å². The van der Waals surface area contributed by atoms with Crippen LogP contribution < -0.4 is 10.6 Å². The Morgan fingerprint density at radius 1 is 0.917 bits per heavy atom. The SMILES string of the molecule is CC(C)NC(=O)c1cccc(NC(=O)c2ccccc2C(=O)O)c1. The van der Waals surface area contributed by atoms with Crippen LogP contribution in [0.15, 0.2) is 48.5 Å². The molecule has 2 amide bonds. The Morgan fingerprint density at radius 3 is 2.21 bits per heavy atom. The number of carboxylic acids is 1. The Balaban J connectivity index is 2.21. The van der Waals surface area contributed by atoms with Crippen LogP contribution in [0.1, 0.15) is 44.9 Å². The molecular formula is C18H18N2O4. The smallest absolute Gasteiger partial charge is 0.336 e. The van der Waals surface area contributed by atoms with E-state index >= 15 is 0 Å². The highest BCUT2D eigenvalue weighted by Crippen LogP contribution is 2.15. The molecule has 3 N–H and O–H groups in total. The van der Waals surface area contributed by atoms with Gasteiger partial charge in [-0.3, -0.25) is 9.59 Å². The zero-order valence-electron chi connectivity index (χ0n) is 13.4. The molecule has 0 aromatic heterocycles. The first-order valence-corrected chi connectivity index (χ1v) is 7.43. The molecular weight excluding hydrogens is 308 g/mol. The molecule has 2 aromatic rings. The minimum absolute atomic E-state index is 0.00168. The number of hydrogen-bond donors (Lipinski definition) is 3. The van der Waals surface area contributed by atoms with Crippen LogP contribution in [0.25, 0.3) is 0 Å². The third kappa shape index (κ3) is 4.19. The molecule has 0 spiro atoms. The summed E-state index contributed by atoms with van der Waals surface area (Å²) in [5.74, 6) is -1.97. The van der Waals surface area contributed by atoms with E-state index in [4.69, 9.17) is 5.11 Å². The van der Waals surface area contributed by atoms with E-state index in [1.165, 1.54) is 12.1 Å². The first-order valence-electron chi connectivity index (χ1n) is 7.43. The number of amides is 2. The molecule has 0 aliphatic heterocycles. The summed E-state index contributed by atoms with van der Waals surface area (Å²) in [7, 11) is 0. The van der Waals surface area contributed by atoms with E-state index < -0.39 is 11.9 Å². The number of anilines is 1. The number of hydrogen-bond acceptors (Lipinski definition) is 3. The topological polar surface area (TPSA) is 95.5 Å². The largest absolute Gasteiger partial charge is 0.478 e. The van der Waals surface area contributed by atoms with E-state index in [0.717, 1.165) is 0 Å². The summed E-state index contributed by atoms with van der Waals surface area (Å²) < 4.78 is 0. The Bertz CT molecular complexity index is 784. The lowest BCUT2D eigenvalue weighted by molar-refractivity contribution is 0.0692. The second-order valence-electron chi connectivity index (χ2n) is 5.51. The van der Waals surface area contributed by atoms with E-state index in [9.17, 15) is 14.4 Å². The highest BCUT2D eigenvalue weighted by atomic mass is 16.4. The third-order valence-electron chi connectivity index (χ3n) is 3.20. The second kappa shape index (κ2) is 7.41. The van der Waals surface area contributed by atoms with Crippen molar-refractivity contribution in [3.63, 3.8) is 0 Å². The van der Waals surface area contributed by atoms with Crippen LogP contribution >= 0.6 is 0 Å². The maximum absolute atomic E-state index is 12.3. The molecule has 0 bridgehead atoms. The van der Waals surface area contributed by atoms with Crippen molar-refractivity contribution in [2.45, 2.75) is 19.9 Å². The number of carbonyl (C=O) groups excluding carboxylic acids is 2. The van der Waals surface area contributed by atoms with Crippen molar-refractivity contribution in [3.8, 4) is 0 Å². The van der Waals surface area contributed by atoms with Gasteiger partial charge in [0.25, 0.3) is 11.8 Å². The fraction of sp³-hybridized carbons (Fsp3) is 0.167. The minimum atomic E-state index is -1.18. The van der Waals surface area contributed by atoms with Crippen molar-refractivity contribution in [1.82, 2.24) is 5.32 Å². The predicted octanol–water partition coefficient (Wildman–Crippen LogP) is 2.78. The van der Waals surface area contributed by atoms with Gasteiger partial charge in [0.15, 0.2) is 0 Å². The Morgan fingerprint density at radius 2 is 1.58 bits per heavy atom. The Hall–Kier alpha value is -3.15. The molecule has 0 atom stereocenters. The molecule has 0 saturated carbocycles. The molecule has 0 unspecified atom stereocenters. The lowest BCUT2D eigenvalue weighted by atomic mass is 10.1. The van der Waals surface area contributed by atoms with Gasteiger partial charge < -0.3 is 15.7 Å². The van der Waals surface area contributed by atoms with Crippen LogP contribution in [0.4, 0.5) is 5.69 Å². The summed E-state index contributed by atoms with van der Waals surface area (Å²) in [6, 6.07) is 12.4. The maximum Gasteiger partial charge on any atom is 0.336 e. The third-order valence-corrected chi connectivity index (χ3v) is 3.20. The number of rotatable bonds is 5. The molecule has 124 valence electrons. The van der Waals surface area contributed by atoms with Gasteiger partial charge in [-0.25, -0.2) is 4.79 Å². The minimum Gasteiger partial charge on any atom is -0.478 e. The van der Waals surface area contributed by atoms with Crippen molar-refractivity contribution < 1.29 is 19.5 Å². The van der Waals surface area contributed by atoms with Gasteiger partial charge in [-0.1, -0.05) is 18.2 Å². The summed E-state index contributed by atoms with van der Waals surface area (Å²) >= 11 is 0. The summed E-state index contributed by atoms with van der Waals surface area (Å²) in [5.41, 5.74) is 0.801. The molecule has 24 heavy (non-hydrogen) atoms. The predicted molar refractivity (Wildman–Crippen MR) is 90.4 cm³/mol. The van der Waals surface area contributed by atoms with Gasteiger partial charge in [-0.15, -0.1) is 0 Å². The summed E-state index contributed by atoms with van der Waals surface area (Å²) in [4.78, 5) is 35.5. The number of carbonyl (C=O) groups is 3. The molecule has 0 aliphatic carbocycles. The number of aromatic carboxylic acids is 1. The zero-order chi connectivity index (χ0) is 17.7. The lowest BCUT2D eigenvalue weighted by Crippen LogP contribution is -2.30. The Kier molecular flexibility index (Phi) is 5.31. The van der Waals surface area contributed by atoms with Gasteiger partial charge in [0.05, 0.1) is 11.1 Å².